The van der Waals surface area contributed by atoms with Crippen molar-refractivity contribution in [3.8, 4) is 0 Å². The summed E-state index contributed by atoms with van der Waals surface area (Å²) in [4.78, 5) is 12.2. The monoisotopic (exact) mass is 210 g/mol. The van der Waals surface area contributed by atoms with Crippen LogP contribution in [0.25, 0.3) is 0 Å². The Hall–Kier alpha value is -0.570. The Morgan fingerprint density at radius 2 is 1.80 bits per heavy atom. The van der Waals surface area contributed by atoms with Crippen molar-refractivity contribution < 1.29 is 4.79 Å². The van der Waals surface area contributed by atoms with Gasteiger partial charge in [0.25, 0.3) is 0 Å². The van der Waals surface area contributed by atoms with E-state index in [9.17, 15) is 4.79 Å². The molecule has 1 aliphatic heterocycles. The molecule has 2 aliphatic rings. The highest BCUT2D eigenvalue weighted by Gasteiger charge is 2.40. The van der Waals surface area contributed by atoms with Crippen molar-refractivity contribution in [3.63, 3.8) is 0 Å². The van der Waals surface area contributed by atoms with Crippen LogP contribution in [0.5, 0.6) is 0 Å². The lowest BCUT2D eigenvalue weighted by Crippen LogP contribution is -2.56. The summed E-state index contributed by atoms with van der Waals surface area (Å²) < 4.78 is 0. The molecule has 1 amide bonds. The summed E-state index contributed by atoms with van der Waals surface area (Å²) in [5.41, 5.74) is -0.254. The average Bonchev–Trinajstić information content (AvgIpc) is 2.76. The van der Waals surface area contributed by atoms with E-state index in [4.69, 9.17) is 0 Å². The first-order valence-electron chi connectivity index (χ1n) is 6.12. The zero-order chi connectivity index (χ0) is 10.9. The summed E-state index contributed by atoms with van der Waals surface area (Å²) in [7, 11) is 0. The Morgan fingerprint density at radius 1 is 1.13 bits per heavy atom. The quantitative estimate of drug-likeness (QED) is 0.726. The second-order valence-electron chi connectivity index (χ2n) is 5.58. The van der Waals surface area contributed by atoms with Crippen molar-refractivity contribution in [2.75, 3.05) is 6.54 Å². The second kappa shape index (κ2) is 3.78. The number of nitrogens with one attached hydrogen (secondary N) is 2. The third-order valence-electron chi connectivity index (χ3n) is 3.99. The van der Waals surface area contributed by atoms with Crippen molar-refractivity contribution >= 4 is 5.91 Å². The van der Waals surface area contributed by atoms with Gasteiger partial charge in [0.1, 0.15) is 0 Å². The highest BCUT2D eigenvalue weighted by Crippen LogP contribution is 2.30. The van der Waals surface area contributed by atoms with Crippen LogP contribution in [-0.4, -0.2) is 23.5 Å². The molecule has 1 aliphatic carbocycles. The normalized spacial score (nSPS) is 34.3. The lowest BCUT2D eigenvalue weighted by atomic mass is 9.94. The van der Waals surface area contributed by atoms with E-state index in [0.717, 1.165) is 32.2 Å². The van der Waals surface area contributed by atoms with Crippen LogP contribution < -0.4 is 10.6 Å². The first-order valence-corrected chi connectivity index (χ1v) is 6.12. The fourth-order valence-corrected chi connectivity index (χ4v) is 2.78. The Balaban J connectivity index is 1.96. The number of carbonyl (C=O) groups excluding carboxylic acids is 1. The van der Waals surface area contributed by atoms with Gasteiger partial charge in [0.2, 0.25) is 5.91 Å². The fourth-order valence-electron chi connectivity index (χ4n) is 2.78. The molecule has 1 saturated heterocycles. The van der Waals surface area contributed by atoms with Crippen LogP contribution in [0.3, 0.4) is 0 Å². The highest BCUT2D eigenvalue weighted by molar-refractivity contribution is 5.86. The minimum Gasteiger partial charge on any atom is -0.349 e. The maximum Gasteiger partial charge on any atom is 0.240 e. The van der Waals surface area contributed by atoms with Crippen LogP contribution >= 0.6 is 0 Å². The number of carbonyl (C=O) groups is 1. The van der Waals surface area contributed by atoms with E-state index in [2.05, 4.69) is 17.6 Å². The van der Waals surface area contributed by atoms with Gasteiger partial charge in [-0.25, -0.2) is 0 Å². The zero-order valence-electron chi connectivity index (χ0n) is 9.86. The fraction of sp³-hybridized carbons (Fsp3) is 0.917. The van der Waals surface area contributed by atoms with Gasteiger partial charge in [-0.3, -0.25) is 4.79 Å². The third kappa shape index (κ3) is 2.17. The predicted octanol–water partition coefficient (Wildman–Crippen LogP) is 1.58. The molecule has 1 unspecified atom stereocenters. The summed E-state index contributed by atoms with van der Waals surface area (Å²) in [6.45, 7) is 5.17. The van der Waals surface area contributed by atoms with Gasteiger partial charge >= 0.3 is 0 Å². The molecule has 0 radical (unpaired) electrons. The molecule has 15 heavy (non-hydrogen) atoms. The molecule has 2 N–H and O–H groups in total. The molecular weight excluding hydrogens is 188 g/mol. The molecule has 3 nitrogen and oxygen atoms in total. The van der Waals surface area contributed by atoms with E-state index in [1.54, 1.807) is 0 Å². The standard InChI is InChI=1S/C12H22N2O/c1-11(6-3-4-7-11)14-10(15)12(2)8-5-9-13-12/h13H,3-9H2,1-2H3,(H,14,15). The molecule has 0 aromatic rings. The van der Waals surface area contributed by atoms with Gasteiger partial charge in [0.05, 0.1) is 5.54 Å². The van der Waals surface area contributed by atoms with Crippen molar-refractivity contribution in [2.24, 2.45) is 0 Å². The number of amides is 1. The molecule has 2 fully saturated rings. The topological polar surface area (TPSA) is 41.1 Å². The van der Waals surface area contributed by atoms with Gasteiger partial charge in [-0.2, -0.15) is 0 Å². The number of hydrogen-bond acceptors (Lipinski definition) is 2. The molecule has 1 atom stereocenters. The Kier molecular flexibility index (Phi) is 2.75. The van der Waals surface area contributed by atoms with E-state index < -0.39 is 0 Å². The van der Waals surface area contributed by atoms with E-state index in [0.29, 0.717) is 0 Å². The Labute approximate surface area is 92.0 Å². The van der Waals surface area contributed by atoms with Crippen molar-refractivity contribution in [3.05, 3.63) is 0 Å². The highest BCUT2D eigenvalue weighted by atomic mass is 16.2. The average molecular weight is 210 g/mol. The van der Waals surface area contributed by atoms with Gasteiger partial charge in [-0.15, -0.1) is 0 Å². The van der Waals surface area contributed by atoms with Crippen molar-refractivity contribution in [1.29, 1.82) is 0 Å². The summed E-state index contributed by atoms with van der Waals surface area (Å²) in [5.74, 6) is 0.199. The van der Waals surface area contributed by atoms with E-state index in [1.807, 2.05) is 6.92 Å². The largest absolute Gasteiger partial charge is 0.349 e. The lowest BCUT2D eigenvalue weighted by Gasteiger charge is -2.31. The third-order valence-corrected chi connectivity index (χ3v) is 3.99. The summed E-state index contributed by atoms with van der Waals surface area (Å²) in [5, 5.41) is 6.55. The predicted molar refractivity (Wildman–Crippen MR) is 60.7 cm³/mol. The summed E-state index contributed by atoms with van der Waals surface area (Å²) in [6.07, 6.45) is 6.85. The SMILES string of the molecule is CC1(NC(=O)C2(C)CCCN2)CCCC1. The minimum atomic E-state index is -0.314. The molecule has 3 heteroatoms. The Bertz CT molecular complexity index is 250. The number of hydrogen-bond donors (Lipinski definition) is 2. The molecule has 86 valence electrons. The van der Waals surface area contributed by atoms with E-state index in [-0.39, 0.29) is 17.0 Å². The molecule has 2 rings (SSSR count). The number of rotatable bonds is 2. The zero-order valence-corrected chi connectivity index (χ0v) is 9.86. The van der Waals surface area contributed by atoms with Gasteiger partial charge in [-0.05, 0) is 46.1 Å². The van der Waals surface area contributed by atoms with Gasteiger partial charge in [-0.1, -0.05) is 12.8 Å². The van der Waals surface area contributed by atoms with Crippen molar-refractivity contribution in [2.45, 2.75) is 63.5 Å². The smallest absolute Gasteiger partial charge is 0.240 e. The van der Waals surface area contributed by atoms with Crippen molar-refractivity contribution in [1.82, 2.24) is 10.6 Å². The first kappa shape index (κ1) is 10.9. The van der Waals surface area contributed by atoms with Crippen LogP contribution in [0.4, 0.5) is 0 Å². The Morgan fingerprint density at radius 3 is 2.33 bits per heavy atom. The minimum absolute atomic E-state index is 0.0599. The molecule has 0 spiro atoms. The first-order chi connectivity index (χ1) is 7.04. The van der Waals surface area contributed by atoms with Gasteiger partial charge < -0.3 is 10.6 Å². The van der Waals surface area contributed by atoms with Crippen LogP contribution in [-0.2, 0) is 4.79 Å². The van der Waals surface area contributed by atoms with Crippen LogP contribution in [0.1, 0.15) is 52.4 Å². The van der Waals surface area contributed by atoms with E-state index in [1.165, 1.54) is 12.8 Å². The van der Waals surface area contributed by atoms with Crippen LogP contribution in [0, 0.1) is 0 Å². The summed E-state index contributed by atoms with van der Waals surface area (Å²) in [6, 6.07) is 0. The van der Waals surface area contributed by atoms with Crippen LogP contribution in [0.15, 0.2) is 0 Å². The second-order valence-corrected chi connectivity index (χ2v) is 5.58. The molecular formula is C12H22N2O. The molecule has 1 saturated carbocycles. The van der Waals surface area contributed by atoms with Gasteiger partial charge in [0.15, 0.2) is 0 Å². The molecule has 0 aromatic heterocycles. The molecule has 0 bridgehead atoms. The maximum absolute atomic E-state index is 12.2. The van der Waals surface area contributed by atoms with E-state index >= 15 is 0 Å². The molecule has 0 aromatic carbocycles. The van der Waals surface area contributed by atoms with Crippen LogP contribution in [0.2, 0.25) is 0 Å². The lowest BCUT2D eigenvalue weighted by molar-refractivity contribution is -0.128. The van der Waals surface area contributed by atoms with Gasteiger partial charge in [0, 0.05) is 5.54 Å². The maximum atomic E-state index is 12.2. The summed E-state index contributed by atoms with van der Waals surface area (Å²) >= 11 is 0. The molecule has 1 heterocycles.